The Kier molecular flexibility index (Phi) is 8.39. The minimum atomic E-state index is -1.05. The lowest BCUT2D eigenvalue weighted by Crippen LogP contribution is -2.33. The fraction of sp³-hybridized carbons (Fsp3) is 0.400. The van der Waals surface area contributed by atoms with Crippen molar-refractivity contribution < 1.29 is 47.6 Å². The molecule has 13 heteroatoms. The van der Waals surface area contributed by atoms with E-state index in [2.05, 4.69) is 5.32 Å². The standard InChI is InChI=1S/C25H27F2N3O8/c1-14(32)28-8-18-9-29(24(34)37-18)15-2-4-20(22(26)6-15)21-5-3-16(7-23(21)27)30-10-19(38-25(30)35)13-36-12-17(33)11-31/h2-7,17-19,31,33H,8-13H2,1H3,(H,28,32)/t17?,18-,19+/m0/s1. The topological polar surface area (TPSA) is 138 Å². The largest absolute Gasteiger partial charge is 0.442 e. The predicted molar refractivity (Wildman–Crippen MR) is 130 cm³/mol. The van der Waals surface area contributed by atoms with Gasteiger partial charge in [0.25, 0.3) is 0 Å². The van der Waals surface area contributed by atoms with Gasteiger partial charge in [-0.15, -0.1) is 0 Å². The van der Waals surface area contributed by atoms with Gasteiger partial charge in [-0.25, -0.2) is 18.4 Å². The van der Waals surface area contributed by atoms with Gasteiger partial charge in [-0.05, 0) is 36.4 Å². The van der Waals surface area contributed by atoms with Crippen LogP contribution in [0.4, 0.5) is 29.7 Å². The SMILES string of the molecule is CC(=O)NC[C@H]1CN(c2ccc(-c3ccc(N4C[C@H](COCC(O)CO)OC4=O)cc3F)c(F)c2)C(=O)O1. The molecule has 0 bridgehead atoms. The summed E-state index contributed by atoms with van der Waals surface area (Å²) in [5, 5.41) is 20.7. The third kappa shape index (κ3) is 6.18. The number of rotatable bonds is 10. The molecule has 0 radical (unpaired) electrons. The lowest BCUT2D eigenvalue weighted by molar-refractivity contribution is -0.119. The van der Waals surface area contributed by atoms with Crippen LogP contribution >= 0.6 is 0 Å². The van der Waals surface area contributed by atoms with Crippen molar-refractivity contribution >= 4 is 29.5 Å². The van der Waals surface area contributed by atoms with Crippen LogP contribution in [0.15, 0.2) is 36.4 Å². The average molecular weight is 536 g/mol. The Hall–Kier alpha value is -3.81. The number of halogens is 2. The van der Waals surface area contributed by atoms with Gasteiger partial charge in [0.2, 0.25) is 5.91 Å². The molecule has 2 fully saturated rings. The molecular weight excluding hydrogens is 508 g/mol. The number of cyclic esters (lactones) is 2. The van der Waals surface area contributed by atoms with Crippen LogP contribution in [0.1, 0.15) is 6.92 Å². The zero-order valence-electron chi connectivity index (χ0n) is 20.4. The molecule has 2 aromatic carbocycles. The highest BCUT2D eigenvalue weighted by molar-refractivity contribution is 5.91. The zero-order chi connectivity index (χ0) is 27.4. The van der Waals surface area contributed by atoms with Crippen molar-refractivity contribution in [3.63, 3.8) is 0 Å². The van der Waals surface area contributed by atoms with E-state index in [0.29, 0.717) is 0 Å². The molecule has 1 unspecified atom stereocenters. The lowest BCUT2D eigenvalue weighted by Gasteiger charge is -2.16. The van der Waals surface area contributed by atoms with Gasteiger partial charge < -0.3 is 29.7 Å². The number of hydrogen-bond donors (Lipinski definition) is 3. The van der Waals surface area contributed by atoms with Crippen molar-refractivity contribution in [1.29, 1.82) is 0 Å². The van der Waals surface area contributed by atoms with Crippen LogP contribution in [0.5, 0.6) is 0 Å². The van der Waals surface area contributed by atoms with E-state index in [9.17, 15) is 19.5 Å². The number of amides is 3. The number of ether oxygens (including phenoxy) is 3. The Bertz CT molecular complexity index is 1210. The van der Waals surface area contributed by atoms with E-state index in [1.54, 1.807) is 0 Å². The Balaban J connectivity index is 1.43. The first-order valence-corrected chi connectivity index (χ1v) is 11.8. The second-order valence-corrected chi connectivity index (χ2v) is 8.87. The van der Waals surface area contributed by atoms with Gasteiger partial charge in [0.05, 0.1) is 50.8 Å². The number of benzene rings is 2. The predicted octanol–water partition coefficient (Wildman–Crippen LogP) is 1.79. The maximum absolute atomic E-state index is 15.0. The highest BCUT2D eigenvalue weighted by atomic mass is 19.1. The lowest BCUT2D eigenvalue weighted by atomic mass is 10.0. The summed E-state index contributed by atoms with van der Waals surface area (Å²) in [7, 11) is 0. The van der Waals surface area contributed by atoms with E-state index < -0.39 is 48.7 Å². The molecule has 0 aliphatic carbocycles. The Labute approximate surface area is 216 Å². The summed E-state index contributed by atoms with van der Waals surface area (Å²) in [6.45, 7) is 1.04. The first kappa shape index (κ1) is 27.2. The van der Waals surface area contributed by atoms with Gasteiger partial charge in [0.1, 0.15) is 29.9 Å². The van der Waals surface area contributed by atoms with Crippen molar-refractivity contribution in [3.05, 3.63) is 48.0 Å². The molecule has 0 aromatic heterocycles. The molecule has 0 spiro atoms. The highest BCUT2D eigenvalue weighted by Gasteiger charge is 2.34. The first-order valence-electron chi connectivity index (χ1n) is 11.8. The molecule has 11 nitrogen and oxygen atoms in total. The minimum Gasteiger partial charge on any atom is -0.442 e. The third-order valence-electron chi connectivity index (χ3n) is 5.97. The summed E-state index contributed by atoms with van der Waals surface area (Å²) >= 11 is 0. The minimum absolute atomic E-state index is 0.0179. The van der Waals surface area contributed by atoms with Gasteiger partial charge in [-0.3, -0.25) is 14.6 Å². The van der Waals surface area contributed by atoms with Crippen molar-refractivity contribution in [3.8, 4) is 11.1 Å². The maximum Gasteiger partial charge on any atom is 0.414 e. The quantitative estimate of drug-likeness (QED) is 0.419. The van der Waals surface area contributed by atoms with Gasteiger partial charge in [-0.2, -0.15) is 0 Å². The van der Waals surface area contributed by atoms with Gasteiger partial charge in [0, 0.05) is 18.1 Å². The number of carbonyl (C=O) groups excluding carboxylic acids is 3. The number of nitrogens with one attached hydrogen (secondary N) is 1. The normalized spacial score (nSPS) is 19.9. The monoisotopic (exact) mass is 535 g/mol. The van der Waals surface area contributed by atoms with Crippen molar-refractivity contribution in [2.24, 2.45) is 0 Å². The maximum atomic E-state index is 15.0. The van der Waals surface area contributed by atoms with E-state index in [0.717, 1.165) is 12.1 Å². The molecule has 38 heavy (non-hydrogen) atoms. The molecule has 2 aliphatic heterocycles. The molecule has 2 heterocycles. The smallest absolute Gasteiger partial charge is 0.414 e. The van der Waals surface area contributed by atoms with Crippen LogP contribution < -0.4 is 15.1 Å². The van der Waals surface area contributed by atoms with Gasteiger partial charge >= 0.3 is 12.2 Å². The number of anilines is 2. The van der Waals surface area contributed by atoms with Crippen LogP contribution in [0.3, 0.4) is 0 Å². The number of aliphatic hydroxyl groups excluding tert-OH is 2. The van der Waals surface area contributed by atoms with Crippen molar-refractivity contribution in [1.82, 2.24) is 5.32 Å². The molecule has 204 valence electrons. The summed E-state index contributed by atoms with van der Waals surface area (Å²) in [6, 6.07) is 7.79. The van der Waals surface area contributed by atoms with Crippen LogP contribution in [-0.4, -0.2) is 86.1 Å². The molecular formula is C25H27F2N3O8. The van der Waals surface area contributed by atoms with Crippen LogP contribution in [0.2, 0.25) is 0 Å². The fourth-order valence-corrected chi connectivity index (χ4v) is 4.08. The van der Waals surface area contributed by atoms with E-state index in [-0.39, 0.29) is 61.3 Å². The van der Waals surface area contributed by atoms with Crippen LogP contribution in [-0.2, 0) is 19.0 Å². The Morgan fingerprint density at radius 3 is 2.05 bits per heavy atom. The van der Waals surface area contributed by atoms with Crippen molar-refractivity contribution in [2.45, 2.75) is 25.2 Å². The second kappa shape index (κ2) is 11.7. The molecule has 3 atom stereocenters. The fourth-order valence-electron chi connectivity index (χ4n) is 4.08. The van der Waals surface area contributed by atoms with Crippen LogP contribution in [0, 0.1) is 11.6 Å². The van der Waals surface area contributed by atoms with E-state index >= 15 is 8.78 Å². The Morgan fingerprint density at radius 1 is 1.03 bits per heavy atom. The number of carbonyl (C=O) groups is 3. The summed E-state index contributed by atoms with van der Waals surface area (Å²) in [6.07, 6.45) is -3.69. The van der Waals surface area contributed by atoms with Gasteiger partial charge in [-0.1, -0.05) is 0 Å². The molecule has 2 aromatic rings. The van der Waals surface area contributed by atoms with E-state index in [4.69, 9.17) is 19.3 Å². The number of hydrogen-bond acceptors (Lipinski definition) is 8. The molecule has 2 saturated heterocycles. The molecule has 4 rings (SSSR count). The summed E-state index contributed by atoms with van der Waals surface area (Å²) < 4.78 is 45.7. The highest BCUT2D eigenvalue weighted by Crippen LogP contribution is 2.33. The van der Waals surface area contributed by atoms with Gasteiger partial charge in [0.15, 0.2) is 0 Å². The molecule has 3 amide bonds. The summed E-state index contributed by atoms with van der Waals surface area (Å²) in [4.78, 5) is 38.0. The van der Waals surface area contributed by atoms with E-state index in [1.807, 2.05) is 0 Å². The second-order valence-electron chi connectivity index (χ2n) is 8.87. The summed E-state index contributed by atoms with van der Waals surface area (Å²) in [5.41, 5.74) is 0.336. The molecule has 3 N–H and O–H groups in total. The zero-order valence-corrected chi connectivity index (χ0v) is 20.4. The molecule has 0 saturated carbocycles. The first-order chi connectivity index (χ1) is 18.2. The third-order valence-corrected chi connectivity index (χ3v) is 5.97. The van der Waals surface area contributed by atoms with Crippen LogP contribution in [0.25, 0.3) is 11.1 Å². The Morgan fingerprint density at radius 2 is 1.55 bits per heavy atom. The number of nitrogens with zero attached hydrogens (tertiary/aromatic N) is 2. The average Bonchev–Trinajstić information content (AvgIpc) is 3.44. The van der Waals surface area contributed by atoms with E-state index in [1.165, 1.54) is 41.0 Å². The van der Waals surface area contributed by atoms with Crippen molar-refractivity contribution in [2.75, 3.05) is 49.3 Å². The molecule has 2 aliphatic rings. The summed E-state index contributed by atoms with van der Waals surface area (Å²) in [5.74, 6) is -1.81. The number of aliphatic hydroxyl groups is 2.